The minimum atomic E-state index is -4.92. The summed E-state index contributed by atoms with van der Waals surface area (Å²) in [4.78, 5) is 21.2. The first-order valence-corrected chi connectivity index (χ1v) is 6.74. The number of benzene rings is 1. The molecular formula is C13H12F4N2O5. The summed E-state index contributed by atoms with van der Waals surface area (Å²) in [5.41, 5.74) is -2.16. The molecule has 24 heavy (non-hydrogen) atoms. The quantitative estimate of drug-likeness (QED) is 0.513. The molecule has 0 aliphatic carbocycles. The van der Waals surface area contributed by atoms with E-state index in [1.165, 1.54) is 0 Å². The maximum atomic E-state index is 14.0. The number of halogens is 4. The molecule has 1 fully saturated rings. The normalized spacial score (nSPS) is 21.4. The van der Waals surface area contributed by atoms with Crippen molar-refractivity contribution < 1.29 is 37.1 Å². The minimum absolute atomic E-state index is 0.0885. The topological polar surface area (TPSA) is 92.9 Å². The van der Waals surface area contributed by atoms with Gasteiger partial charge in [-0.2, -0.15) is 13.2 Å². The zero-order valence-electron chi connectivity index (χ0n) is 12.0. The maximum Gasteiger partial charge on any atom is 0.420 e. The lowest BCUT2D eigenvalue weighted by molar-refractivity contribution is -0.385. The fourth-order valence-electron chi connectivity index (χ4n) is 2.31. The minimum Gasteiger partial charge on any atom is -0.487 e. The Morgan fingerprint density at radius 1 is 1.42 bits per heavy atom. The van der Waals surface area contributed by atoms with Crippen LogP contribution in [0.5, 0.6) is 5.75 Å². The van der Waals surface area contributed by atoms with Gasteiger partial charge in [0, 0.05) is 25.1 Å². The van der Waals surface area contributed by atoms with Gasteiger partial charge in [-0.1, -0.05) is 0 Å². The standard InChI is InChI=1S/C13H12F4N2O5/c14-9-6-18(12(20)21)4-3-11(9)24-10-2-1-7(19(22)23)5-8(10)13(15,16)17/h1-2,5,9,11H,3-4,6H2,(H,20,21)/t9-,11-/m1/s1. The summed E-state index contributed by atoms with van der Waals surface area (Å²) in [6.07, 6.45) is -9.48. The number of non-ortho nitro benzene ring substituents is 1. The molecule has 132 valence electrons. The summed E-state index contributed by atoms with van der Waals surface area (Å²) in [5.74, 6) is -0.732. The van der Waals surface area contributed by atoms with Crippen LogP contribution in [-0.4, -0.2) is 46.4 Å². The lowest BCUT2D eigenvalue weighted by Crippen LogP contribution is -2.48. The van der Waals surface area contributed by atoms with E-state index in [0.29, 0.717) is 6.07 Å². The summed E-state index contributed by atoms with van der Waals surface area (Å²) in [7, 11) is 0. The van der Waals surface area contributed by atoms with Crippen LogP contribution in [0, 0.1) is 10.1 Å². The van der Waals surface area contributed by atoms with E-state index in [1.807, 2.05) is 0 Å². The second-order valence-electron chi connectivity index (χ2n) is 5.12. The summed E-state index contributed by atoms with van der Waals surface area (Å²) in [5, 5.41) is 19.4. The molecule has 11 heteroatoms. The van der Waals surface area contributed by atoms with Crippen LogP contribution in [-0.2, 0) is 6.18 Å². The smallest absolute Gasteiger partial charge is 0.420 e. The molecule has 1 aliphatic rings. The van der Waals surface area contributed by atoms with E-state index in [1.54, 1.807) is 0 Å². The van der Waals surface area contributed by atoms with Crippen LogP contribution < -0.4 is 4.74 Å². The molecule has 1 aromatic carbocycles. The third-order valence-corrected chi connectivity index (χ3v) is 3.51. The summed E-state index contributed by atoms with van der Waals surface area (Å²) < 4.78 is 58.1. The Bertz CT molecular complexity index is 652. The predicted octanol–water partition coefficient (Wildman–Crippen LogP) is 3.08. The van der Waals surface area contributed by atoms with Crippen LogP contribution in [0.4, 0.5) is 28.0 Å². The van der Waals surface area contributed by atoms with E-state index in [4.69, 9.17) is 9.84 Å². The molecule has 0 radical (unpaired) electrons. The van der Waals surface area contributed by atoms with Gasteiger partial charge in [0.2, 0.25) is 0 Å². The van der Waals surface area contributed by atoms with Gasteiger partial charge in [-0.15, -0.1) is 0 Å². The third kappa shape index (κ3) is 3.84. The number of nitro benzene ring substituents is 1. The number of rotatable bonds is 3. The van der Waals surface area contributed by atoms with Crippen molar-refractivity contribution in [1.29, 1.82) is 0 Å². The Morgan fingerprint density at radius 3 is 2.58 bits per heavy atom. The van der Waals surface area contributed by atoms with Crippen molar-refractivity contribution in [2.45, 2.75) is 24.9 Å². The average molecular weight is 352 g/mol. The number of carboxylic acid groups (broad SMARTS) is 1. The van der Waals surface area contributed by atoms with E-state index in [9.17, 15) is 32.5 Å². The first-order valence-electron chi connectivity index (χ1n) is 6.74. The highest BCUT2D eigenvalue weighted by molar-refractivity contribution is 5.65. The Morgan fingerprint density at radius 2 is 2.08 bits per heavy atom. The van der Waals surface area contributed by atoms with Crippen LogP contribution in [0.2, 0.25) is 0 Å². The van der Waals surface area contributed by atoms with Crippen molar-refractivity contribution in [3.8, 4) is 5.75 Å². The number of nitro groups is 1. The van der Waals surface area contributed by atoms with Crippen LogP contribution in [0.15, 0.2) is 18.2 Å². The van der Waals surface area contributed by atoms with Gasteiger partial charge in [0.15, 0.2) is 6.17 Å². The van der Waals surface area contributed by atoms with Crippen molar-refractivity contribution in [3.05, 3.63) is 33.9 Å². The number of hydrogen-bond donors (Lipinski definition) is 1. The van der Waals surface area contributed by atoms with Gasteiger partial charge in [-0.3, -0.25) is 10.1 Å². The van der Waals surface area contributed by atoms with E-state index in [2.05, 4.69) is 0 Å². The van der Waals surface area contributed by atoms with Crippen molar-refractivity contribution in [2.24, 2.45) is 0 Å². The van der Waals surface area contributed by atoms with Crippen molar-refractivity contribution in [1.82, 2.24) is 4.90 Å². The molecule has 0 unspecified atom stereocenters. The Balaban J connectivity index is 2.23. The largest absolute Gasteiger partial charge is 0.487 e. The van der Waals surface area contributed by atoms with E-state index in [0.717, 1.165) is 17.0 Å². The van der Waals surface area contributed by atoms with E-state index >= 15 is 0 Å². The van der Waals surface area contributed by atoms with E-state index in [-0.39, 0.29) is 13.0 Å². The summed E-state index contributed by atoms with van der Waals surface area (Å²) >= 11 is 0. The number of amides is 1. The molecule has 1 saturated heterocycles. The molecule has 1 aliphatic heterocycles. The SMILES string of the molecule is O=C(O)N1CC[C@@H](Oc2ccc([N+](=O)[O-])cc2C(F)(F)F)[C@H](F)C1. The zero-order valence-corrected chi connectivity index (χ0v) is 12.0. The van der Waals surface area contributed by atoms with E-state index < -0.39 is 53.0 Å². The second-order valence-corrected chi connectivity index (χ2v) is 5.12. The first kappa shape index (κ1) is 17.8. The highest BCUT2D eigenvalue weighted by atomic mass is 19.4. The predicted molar refractivity (Wildman–Crippen MR) is 71.6 cm³/mol. The molecule has 2 atom stereocenters. The number of piperidine rings is 1. The number of hydrogen-bond acceptors (Lipinski definition) is 4. The Hall–Kier alpha value is -2.59. The fraction of sp³-hybridized carbons (Fsp3) is 0.462. The molecule has 7 nitrogen and oxygen atoms in total. The third-order valence-electron chi connectivity index (χ3n) is 3.51. The highest BCUT2D eigenvalue weighted by Gasteiger charge is 2.39. The second kappa shape index (κ2) is 6.49. The summed E-state index contributed by atoms with van der Waals surface area (Å²) in [6, 6.07) is 1.90. The highest BCUT2D eigenvalue weighted by Crippen LogP contribution is 2.39. The average Bonchev–Trinajstić information content (AvgIpc) is 2.48. The summed E-state index contributed by atoms with van der Waals surface area (Å²) in [6.45, 7) is -0.608. The number of carbonyl (C=O) groups is 1. The monoisotopic (exact) mass is 352 g/mol. The molecule has 2 rings (SSSR count). The van der Waals surface area contributed by atoms with Crippen molar-refractivity contribution >= 4 is 11.8 Å². The van der Waals surface area contributed by atoms with Gasteiger partial charge < -0.3 is 14.7 Å². The van der Waals surface area contributed by atoms with Gasteiger partial charge in [-0.25, -0.2) is 9.18 Å². The number of nitrogens with zero attached hydrogens (tertiary/aromatic N) is 2. The number of likely N-dealkylation sites (tertiary alicyclic amines) is 1. The molecule has 1 aromatic rings. The van der Waals surface area contributed by atoms with Gasteiger partial charge in [0.1, 0.15) is 17.4 Å². The van der Waals surface area contributed by atoms with Gasteiger partial charge in [0.05, 0.1) is 11.5 Å². The van der Waals surface area contributed by atoms with Crippen LogP contribution in [0.3, 0.4) is 0 Å². The van der Waals surface area contributed by atoms with Gasteiger partial charge >= 0.3 is 12.3 Å². The molecule has 0 aromatic heterocycles. The fourth-order valence-corrected chi connectivity index (χ4v) is 2.31. The Kier molecular flexibility index (Phi) is 4.81. The maximum absolute atomic E-state index is 14.0. The molecular weight excluding hydrogens is 340 g/mol. The van der Waals surface area contributed by atoms with Crippen LogP contribution in [0.25, 0.3) is 0 Å². The number of alkyl halides is 4. The first-order chi connectivity index (χ1) is 11.1. The van der Waals surface area contributed by atoms with Crippen LogP contribution >= 0.6 is 0 Å². The molecule has 0 spiro atoms. The molecule has 1 amide bonds. The molecule has 1 N–H and O–H groups in total. The van der Waals surface area contributed by atoms with Crippen molar-refractivity contribution in [2.75, 3.05) is 13.1 Å². The molecule has 0 saturated carbocycles. The molecule has 1 heterocycles. The molecule has 0 bridgehead atoms. The zero-order chi connectivity index (χ0) is 18.1. The number of ether oxygens (including phenoxy) is 1. The van der Waals surface area contributed by atoms with Crippen molar-refractivity contribution in [3.63, 3.8) is 0 Å². The Labute approximate surface area is 132 Å². The lowest BCUT2D eigenvalue weighted by Gasteiger charge is -2.33. The van der Waals surface area contributed by atoms with Gasteiger partial charge in [0.25, 0.3) is 5.69 Å². The van der Waals surface area contributed by atoms with Gasteiger partial charge in [-0.05, 0) is 6.07 Å². The lowest BCUT2D eigenvalue weighted by atomic mass is 10.1. The van der Waals surface area contributed by atoms with Crippen LogP contribution in [0.1, 0.15) is 12.0 Å².